The summed E-state index contributed by atoms with van der Waals surface area (Å²) in [5.41, 5.74) is 7.95. The molecule has 0 aliphatic rings. The third-order valence-corrected chi connectivity index (χ3v) is 4.31. The van der Waals surface area contributed by atoms with Crippen molar-refractivity contribution in [3.05, 3.63) is 76.9 Å². The van der Waals surface area contributed by atoms with E-state index in [9.17, 15) is 9.59 Å². The van der Waals surface area contributed by atoms with Crippen LogP contribution in [0, 0.1) is 12.3 Å². The van der Waals surface area contributed by atoms with Gasteiger partial charge in [-0.1, -0.05) is 36.4 Å². The lowest BCUT2D eigenvalue weighted by atomic mass is 9.98. The van der Waals surface area contributed by atoms with Crippen molar-refractivity contribution in [2.45, 2.75) is 20.3 Å². The standard InChI is InChI=1S/C14H14N2O.C8H9NO2.C2H6O/c1-16-14(17)8-10-6-7-11(9-15)13-5-3-2-4-12(10)13;1-5-4-6(8(9)11)2-3-7(5)10;1-2-3/h2-7,9,15H,8H2,1H3,(H,16,17);2-4,10H,1H3,(H2,9,11);3H,2H2,1H3. The molecule has 0 aliphatic heterocycles. The summed E-state index contributed by atoms with van der Waals surface area (Å²) in [7, 11) is 1.64. The van der Waals surface area contributed by atoms with Gasteiger partial charge in [-0.3, -0.25) is 9.59 Å². The van der Waals surface area contributed by atoms with Crippen LogP contribution in [0.1, 0.15) is 34.0 Å². The van der Waals surface area contributed by atoms with Crippen LogP contribution in [0.4, 0.5) is 0 Å². The summed E-state index contributed by atoms with van der Waals surface area (Å²) in [4.78, 5) is 22.0. The predicted octanol–water partition coefficient (Wildman–Crippen LogP) is 2.92. The Labute approximate surface area is 182 Å². The Balaban J connectivity index is 0.000000296. The number of primary amides is 1. The van der Waals surface area contributed by atoms with Crippen LogP contribution >= 0.6 is 0 Å². The zero-order valence-electron chi connectivity index (χ0n) is 18.0. The number of hydrogen-bond acceptors (Lipinski definition) is 5. The van der Waals surface area contributed by atoms with Gasteiger partial charge in [-0.2, -0.15) is 0 Å². The van der Waals surface area contributed by atoms with Crippen LogP contribution < -0.4 is 11.1 Å². The summed E-state index contributed by atoms with van der Waals surface area (Å²) in [6, 6.07) is 16.1. The molecular weight excluding hydrogens is 394 g/mol. The first-order valence-corrected chi connectivity index (χ1v) is 9.70. The fraction of sp³-hybridized carbons (Fsp3) is 0.208. The Morgan fingerprint density at radius 1 is 1.10 bits per heavy atom. The lowest BCUT2D eigenvalue weighted by Crippen LogP contribution is -2.20. The Hall–Kier alpha value is -3.71. The minimum Gasteiger partial charge on any atom is -0.508 e. The van der Waals surface area contributed by atoms with Crippen LogP contribution in [0.15, 0.2) is 54.6 Å². The number of carbonyl (C=O) groups excluding carboxylic acids is 2. The molecule has 0 spiro atoms. The Morgan fingerprint density at radius 3 is 2.23 bits per heavy atom. The number of aliphatic hydroxyl groups excluding tert-OH is 1. The van der Waals surface area contributed by atoms with Gasteiger partial charge in [-0.05, 0) is 59.5 Å². The number of aliphatic hydroxyl groups is 1. The van der Waals surface area contributed by atoms with Crippen LogP contribution in [-0.4, -0.2) is 41.9 Å². The summed E-state index contributed by atoms with van der Waals surface area (Å²) in [6.45, 7) is 3.64. The van der Waals surface area contributed by atoms with Gasteiger partial charge in [0.25, 0.3) is 0 Å². The van der Waals surface area contributed by atoms with E-state index in [-0.39, 0.29) is 18.3 Å². The molecule has 0 bridgehead atoms. The van der Waals surface area contributed by atoms with Crippen LogP contribution in [-0.2, 0) is 11.2 Å². The average Bonchev–Trinajstić information content (AvgIpc) is 2.76. The maximum absolute atomic E-state index is 11.4. The fourth-order valence-corrected chi connectivity index (χ4v) is 2.73. The third kappa shape index (κ3) is 7.56. The second-order valence-corrected chi connectivity index (χ2v) is 6.54. The molecule has 0 fully saturated rings. The molecule has 0 heterocycles. The molecule has 0 unspecified atom stereocenters. The van der Waals surface area contributed by atoms with Crippen molar-refractivity contribution in [3.8, 4) is 5.75 Å². The van der Waals surface area contributed by atoms with Crippen LogP contribution in [0.25, 0.3) is 10.8 Å². The molecule has 3 rings (SSSR count). The van der Waals surface area contributed by atoms with Crippen LogP contribution in [0.2, 0.25) is 0 Å². The number of nitrogens with two attached hydrogens (primary N) is 1. The largest absolute Gasteiger partial charge is 0.508 e. The Kier molecular flexibility index (Phi) is 10.4. The molecule has 3 aromatic rings. The lowest BCUT2D eigenvalue weighted by molar-refractivity contribution is -0.119. The summed E-state index contributed by atoms with van der Waals surface area (Å²) in [5.74, 6) is -0.305. The molecule has 0 atom stereocenters. The molecule has 2 amide bonds. The number of fused-ring (bicyclic) bond motifs is 1. The molecular formula is C24H29N3O4. The smallest absolute Gasteiger partial charge is 0.248 e. The molecule has 0 saturated carbocycles. The van der Waals surface area contributed by atoms with Gasteiger partial charge >= 0.3 is 0 Å². The summed E-state index contributed by atoms with van der Waals surface area (Å²) < 4.78 is 0. The van der Waals surface area contributed by atoms with Gasteiger partial charge in [-0.15, -0.1) is 0 Å². The lowest BCUT2D eigenvalue weighted by Gasteiger charge is -2.08. The van der Waals surface area contributed by atoms with E-state index in [0.29, 0.717) is 17.5 Å². The van der Waals surface area contributed by atoms with E-state index in [4.69, 9.17) is 21.4 Å². The number of hydrogen-bond donors (Lipinski definition) is 5. The molecule has 0 radical (unpaired) electrons. The van der Waals surface area contributed by atoms with Crippen molar-refractivity contribution >= 4 is 28.8 Å². The van der Waals surface area contributed by atoms with Gasteiger partial charge in [-0.25, -0.2) is 0 Å². The van der Waals surface area contributed by atoms with Crippen molar-refractivity contribution in [2.75, 3.05) is 13.7 Å². The highest BCUT2D eigenvalue weighted by Gasteiger charge is 2.07. The number of amides is 2. The number of benzene rings is 3. The fourth-order valence-electron chi connectivity index (χ4n) is 2.73. The van der Waals surface area contributed by atoms with Crippen LogP contribution in [0.3, 0.4) is 0 Å². The number of phenolic OH excluding ortho intramolecular Hbond substituents is 1. The highest BCUT2D eigenvalue weighted by Crippen LogP contribution is 2.22. The van der Waals surface area contributed by atoms with Crippen molar-refractivity contribution in [2.24, 2.45) is 5.73 Å². The van der Waals surface area contributed by atoms with E-state index >= 15 is 0 Å². The SMILES string of the molecule is CCO.CNC(=O)Cc1ccc(C=N)c2ccccc12.Cc1cc(C(N)=O)ccc1O. The predicted molar refractivity (Wildman–Crippen MR) is 124 cm³/mol. The van der Waals surface area contributed by atoms with E-state index in [0.717, 1.165) is 21.9 Å². The van der Waals surface area contributed by atoms with Gasteiger partial charge in [0, 0.05) is 25.4 Å². The van der Waals surface area contributed by atoms with Gasteiger partial charge in [0.05, 0.1) is 6.42 Å². The number of phenols is 1. The number of aromatic hydroxyl groups is 1. The first kappa shape index (κ1) is 25.3. The third-order valence-electron chi connectivity index (χ3n) is 4.31. The maximum Gasteiger partial charge on any atom is 0.248 e. The van der Waals surface area contributed by atoms with E-state index in [1.807, 2.05) is 36.4 Å². The van der Waals surface area contributed by atoms with Crippen molar-refractivity contribution in [1.82, 2.24) is 5.32 Å². The minimum atomic E-state index is -0.479. The van der Waals surface area contributed by atoms with E-state index in [1.54, 1.807) is 27.0 Å². The van der Waals surface area contributed by atoms with Gasteiger partial charge < -0.3 is 26.7 Å². The van der Waals surface area contributed by atoms with E-state index in [1.165, 1.54) is 18.3 Å². The summed E-state index contributed by atoms with van der Waals surface area (Å²) >= 11 is 0. The zero-order valence-corrected chi connectivity index (χ0v) is 18.0. The van der Waals surface area contributed by atoms with Crippen molar-refractivity contribution in [1.29, 1.82) is 5.41 Å². The monoisotopic (exact) mass is 423 g/mol. The van der Waals surface area contributed by atoms with Gasteiger partial charge in [0.15, 0.2) is 0 Å². The van der Waals surface area contributed by atoms with Crippen molar-refractivity contribution < 1.29 is 19.8 Å². The molecule has 0 aliphatic carbocycles. The Bertz CT molecular complexity index is 1050. The molecule has 0 aromatic heterocycles. The summed E-state index contributed by atoms with van der Waals surface area (Å²) in [5, 5.41) is 28.7. The number of likely N-dealkylation sites (N-methyl/N-ethyl adjacent to an activating group) is 1. The second kappa shape index (κ2) is 12.8. The summed E-state index contributed by atoms with van der Waals surface area (Å²) in [6.07, 6.45) is 1.71. The second-order valence-electron chi connectivity index (χ2n) is 6.54. The molecule has 31 heavy (non-hydrogen) atoms. The number of aryl methyl sites for hydroxylation is 1. The molecule has 7 nitrogen and oxygen atoms in total. The van der Waals surface area contributed by atoms with E-state index in [2.05, 4.69) is 5.32 Å². The van der Waals surface area contributed by atoms with E-state index < -0.39 is 5.91 Å². The Morgan fingerprint density at radius 2 is 1.71 bits per heavy atom. The topological polar surface area (TPSA) is 136 Å². The first-order chi connectivity index (χ1) is 14.8. The molecule has 3 aromatic carbocycles. The zero-order chi connectivity index (χ0) is 23.4. The molecule has 0 saturated heterocycles. The average molecular weight is 424 g/mol. The minimum absolute atomic E-state index is 0.00208. The highest BCUT2D eigenvalue weighted by molar-refractivity contribution is 6.01. The first-order valence-electron chi connectivity index (χ1n) is 9.70. The maximum atomic E-state index is 11.4. The molecule has 164 valence electrons. The molecule has 6 N–H and O–H groups in total. The highest BCUT2D eigenvalue weighted by atomic mass is 16.3. The van der Waals surface area contributed by atoms with Gasteiger partial charge in [0.1, 0.15) is 5.75 Å². The molecule has 7 heteroatoms. The van der Waals surface area contributed by atoms with Gasteiger partial charge in [0.2, 0.25) is 11.8 Å². The quantitative estimate of drug-likeness (QED) is 0.412. The number of nitrogens with one attached hydrogen (secondary N) is 2. The number of carbonyl (C=O) groups is 2. The normalized spacial score (nSPS) is 9.55. The van der Waals surface area contributed by atoms with Crippen molar-refractivity contribution in [3.63, 3.8) is 0 Å². The number of rotatable bonds is 4. The van der Waals surface area contributed by atoms with Crippen LogP contribution in [0.5, 0.6) is 5.75 Å².